The van der Waals surface area contributed by atoms with E-state index in [0.717, 1.165) is 71.4 Å². The minimum atomic E-state index is -0.0920. The van der Waals surface area contributed by atoms with E-state index in [9.17, 15) is 17.6 Å². The molecule has 0 saturated carbocycles. The van der Waals surface area contributed by atoms with E-state index in [4.69, 9.17) is 44.3 Å². The highest BCUT2D eigenvalue weighted by Gasteiger charge is 2.19. The van der Waals surface area contributed by atoms with Gasteiger partial charge in [0.25, 0.3) is 0 Å². The van der Waals surface area contributed by atoms with Crippen molar-refractivity contribution in [3.8, 4) is 11.5 Å². The molecule has 0 radical (unpaired) electrons. The van der Waals surface area contributed by atoms with Gasteiger partial charge in [-0.2, -0.15) is 0 Å². The summed E-state index contributed by atoms with van der Waals surface area (Å²) in [6, 6.07) is 37.6. The molecule has 0 spiro atoms. The average molecular weight is 1160 g/mol. The molecule has 0 N–H and O–H groups in total. The number of rotatable bonds is 7. The van der Waals surface area contributed by atoms with Crippen molar-refractivity contribution in [2.24, 2.45) is 0 Å². The molecule has 7 aromatic carbocycles. The highest BCUT2D eigenvalue weighted by molar-refractivity contribution is 6.33. The van der Waals surface area contributed by atoms with Gasteiger partial charge in [0.15, 0.2) is 11.5 Å². The summed E-state index contributed by atoms with van der Waals surface area (Å²) in [6.07, 6.45) is 0. The van der Waals surface area contributed by atoms with Crippen LogP contribution in [0.15, 0.2) is 121 Å². The Hall–Kier alpha value is -5.27. The number of hydrogen-bond donors (Lipinski definition) is 0. The van der Waals surface area contributed by atoms with Gasteiger partial charge in [0.05, 0.1) is 5.02 Å². The molecule has 1 heterocycles. The van der Waals surface area contributed by atoms with Crippen LogP contribution in [-0.2, 0) is 0 Å². The molecule has 0 saturated heterocycles. The summed E-state index contributed by atoms with van der Waals surface area (Å²) in [5.41, 5.74) is 13.2. The Kier molecular flexibility index (Phi) is 30.9. The third kappa shape index (κ3) is 22.9. The second kappa shape index (κ2) is 34.9. The fraction of sp³-hybridized carbons (Fsp3) is 0.408. The van der Waals surface area contributed by atoms with Crippen LogP contribution in [0.5, 0.6) is 11.5 Å². The number of hydrogen-bond acceptors (Lipinski definition) is 2. The van der Waals surface area contributed by atoms with Crippen LogP contribution < -0.4 is 9.47 Å². The summed E-state index contributed by atoms with van der Waals surface area (Å²) < 4.78 is 63.4. The van der Waals surface area contributed by atoms with Crippen LogP contribution >= 0.6 is 34.8 Å². The lowest BCUT2D eigenvalue weighted by Gasteiger charge is -2.21. The fourth-order valence-corrected chi connectivity index (χ4v) is 9.57. The van der Waals surface area contributed by atoms with E-state index in [1.165, 1.54) is 28.8 Å². The molecule has 2 nitrogen and oxygen atoms in total. The number of fused-ring (bicyclic) bond motifs is 1. The zero-order valence-corrected chi connectivity index (χ0v) is 53.7. The second-order valence-electron chi connectivity index (χ2n) is 22.6. The molecule has 7 aromatic rings. The summed E-state index contributed by atoms with van der Waals surface area (Å²) in [5, 5.41) is 2.49. The normalized spacial score (nSPS) is 11.3. The Morgan fingerprint density at radius 1 is 0.350 bits per heavy atom. The zero-order chi connectivity index (χ0) is 60.7. The van der Waals surface area contributed by atoms with Gasteiger partial charge < -0.3 is 9.47 Å². The van der Waals surface area contributed by atoms with E-state index in [1.807, 2.05) is 150 Å². The third-order valence-corrected chi connectivity index (χ3v) is 14.4. The summed E-state index contributed by atoms with van der Waals surface area (Å²) in [4.78, 5) is 0. The standard InChI is InChI=1S/C11H13ClO2.2C10H13Cl.4C10H13F/c1-7(2)8-3-4-9-11(10(8)12)14-6-5-13-9;1-7(2)9-6-8(3)4-5-10(9)11;1-7(2)9-6-4-5-8(3)10(9)11;1-7(2)9-6-8(3)4-5-10(9)11;1-7(2)9-5-4-8(3)6-10(9)11;1-7(2)10-8(3)5-4-6-9(10)11;1-7(2)9-6-4-5-8(3)10(9)11/h3-4,7H,5-6H2,1-2H3;6*4-7H,1-3H3. The van der Waals surface area contributed by atoms with E-state index < -0.39 is 0 Å². The van der Waals surface area contributed by atoms with Crippen molar-refractivity contribution in [1.29, 1.82) is 0 Å². The topological polar surface area (TPSA) is 18.5 Å². The molecule has 0 aliphatic carbocycles. The van der Waals surface area contributed by atoms with Gasteiger partial charge in [-0.05, 0) is 174 Å². The monoisotopic (exact) mass is 1160 g/mol. The van der Waals surface area contributed by atoms with E-state index in [0.29, 0.717) is 41.7 Å². The molecule has 9 heteroatoms. The van der Waals surface area contributed by atoms with Gasteiger partial charge in [0.1, 0.15) is 36.5 Å². The molecular formula is C71H91Cl3F4O2. The maximum atomic E-state index is 13.3. The highest BCUT2D eigenvalue weighted by atomic mass is 35.5. The van der Waals surface area contributed by atoms with Gasteiger partial charge in [0, 0.05) is 10.0 Å². The third-order valence-electron chi connectivity index (χ3n) is 13.2. The Balaban J connectivity index is 0.000000320. The Morgan fingerprint density at radius 2 is 0.787 bits per heavy atom. The largest absolute Gasteiger partial charge is 0.486 e. The first-order chi connectivity index (χ1) is 37.4. The van der Waals surface area contributed by atoms with Crippen LogP contribution in [0.1, 0.15) is 211 Å². The molecular weight excluding hydrogens is 1070 g/mol. The van der Waals surface area contributed by atoms with Gasteiger partial charge in [-0.3, -0.25) is 0 Å². The van der Waals surface area contributed by atoms with Crippen LogP contribution in [0.2, 0.25) is 15.1 Å². The molecule has 8 rings (SSSR count). The van der Waals surface area contributed by atoms with Gasteiger partial charge in [-0.1, -0.05) is 234 Å². The first kappa shape index (κ1) is 70.8. The smallest absolute Gasteiger partial charge is 0.180 e. The van der Waals surface area contributed by atoms with E-state index in [-0.39, 0.29) is 46.9 Å². The lowest BCUT2D eigenvalue weighted by atomic mass is 9.98. The molecule has 0 bridgehead atoms. The van der Waals surface area contributed by atoms with Crippen LogP contribution in [0, 0.1) is 64.8 Å². The maximum Gasteiger partial charge on any atom is 0.180 e. The molecule has 1 aliphatic heterocycles. The van der Waals surface area contributed by atoms with E-state index >= 15 is 0 Å². The second-order valence-corrected chi connectivity index (χ2v) is 23.7. The van der Waals surface area contributed by atoms with Gasteiger partial charge in [-0.25, -0.2) is 17.6 Å². The van der Waals surface area contributed by atoms with Gasteiger partial charge in [-0.15, -0.1) is 0 Å². The van der Waals surface area contributed by atoms with Crippen LogP contribution in [0.4, 0.5) is 17.6 Å². The molecule has 80 heavy (non-hydrogen) atoms. The van der Waals surface area contributed by atoms with Gasteiger partial charge in [0.2, 0.25) is 0 Å². The Labute approximate surface area is 495 Å². The van der Waals surface area contributed by atoms with Crippen molar-refractivity contribution < 1.29 is 27.0 Å². The molecule has 0 unspecified atom stereocenters. The predicted octanol–water partition coefficient (Wildman–Crippen LogP) is 23.8. The number of benzene rings is 7. The Morgan fingerprint density at radius 3 is 1.25 bits per heavy atom. The highest BCUT2D eigenvalue weighted by Crippen LogP contribution is 2.41. The number of ether oxygens (including phenoxy) is 2. The molecule has 0 amide bonds. The molecule has 436 valence electrons. The van der Waals surface area contributed by atoms with Crippen molar-refractivity contribution in [3.63, 3.8) is 0 Å². The average Bonchev–Trinajstić information content (AvgIpc) is 3.38. The molecule has 0 aromatic heterocycles. The summed E-state index contributed by atoms with van der Waals surface area (Å²) >= 11 is 18.3. The lowest BCUT2D eigenvalue weighted by Crippen LogP contribution is -2.16. The van der Waals surface area contributed by atoms with Crippen molar-refractivity contribution in [2.45, 2.75) is 180 Å². The lowest BCUT2D eigenvalue weighted by molar-refractivity contribution is 0.171. The van der Waals surface area contributed by atoms with Crippen LogP contribution in [0.25, 0.3) is 0 Å². The predicted molar refractivity (Wildman–Crippen MR) is 338 cm³/mol. The maximum absolute atomic E-state index is 13.3. The van der Waals surface area contributed by atoms with E-state index in [2.05, 4.69) is 66.7 Å². The van der Waals surface area contributed by atoms with Crippen molar-refractivity contribution in [1.82, 2.24) is 0 Å². The Bertz CT molecular complexity index is 2850. The molecule has 0 fully saturated rings. The fourth-order valence-electron chi connectivity index (χ4n) is 8.46. The zero-order valence-electron chi connectivity index (χ0n) is 51.5. The summed E-state index contributed by atoms with van der Waals surface area (Å²) in [7, 11) is 0. The van der Waals surface area contributed by atoms with Crippen molar-refractivity contribution in [2.75, 3.05) is 13.2 Å². The van der Waals surface area contributed by atoms with Gasteiger partial charge >= 0.3 is 0 Å². The first-order valence-electron chi connectivity index (χ1n) is 28.0. The van der Waals surface area contributed by atoms with E-state index in [1.54, 1.807) is 31.2 Å². The SMILES string of the molecule is CC(C)c1ccc2c(c1Cl)OCCO2.Cc1ccc(C(C)C)c(F)c1.Cc1ccc(Cl)c(C(C)C)c1.Cc1ccc(F)c(C(C)C)c1.Cc1cccc(C(C)C)c1Cl.Cc1cccc(C(C)C)c1F.Cc1cccc(F)c1C(C)C. The van der Waals surface area contributed by atoms with Crippen LogP contribution in [0.3, 0.4) is 0 Å². The number of halogens is 7. The molecule has 1 aliphatic rings. The first-order valence-corrected chi connectivity index (χ1v) is 29.2. The minimum absolute atomic E-state index is 0.0532. The summed E-state index contributed by atoms with van der Waals surface area (Å²) in [6.45, 7) is 41.7. The number of aryl methyl sites for hydroxylation is 6. The quantitative estimate of drug-likeness (QED) is 0.148. The minimum Gasteiger partial charge on any atom is -0.486 e. The molecule has 0 atom stereocenters. The van der Waals surface area contributed by atoms with Crippen molar-refractivity contribution >= 4 is 34.8 Å². The summed E-state index contributed by atoms with van der Waals surface area (Å²) in [5.74, 6) is 3.67. The van der Waals surface area contributed by atoms with Crippen molar-refractivity contribution in [3.05, 3.63) is 232 Å². The van der Waals surface area contributed by atoms with Crippen LogP contribution in [-0.4, -0.2) is 13.2 Å².